The van der Waals surface area contributed by atoms with Crippen molar-refractivity contribution in [3.63, 3.8) is 0 Å². The van der Waals surface area contributed by atoms with Crippen molar-refractivity contribution in [3.05, 3.63) is 86.9 Å². The fraction of sp³-hybridized carbons (Fsp3) is 0. The highest BCUT2D eigenvalue weighted by molar-refractivity contribution is 7.13. The Hall–Kier alpha value is -3.49. The van der Waals surface area contributed by atoms with E-state index in [2.05, 4.69) is 10.3 Å². The lowest BCUT2D eigenvalue weighted by molar-refractivity contribution is -0.402. The molecule has 2 aromatic heterocycles. The third-order valence-corrected chi connectivity index (χ3v) is 5.15. The van der Waals surface area contributed by atoms with Gasteiger partial charge in [-0.3, -0.25) is 14.9 Å². The number of carbonyl (C=O) groups excluding carboxylic acids is 1. The predicted octanol–water partition coefficient (Wildman–Crippen LogP) is 5.88. The van der Waals surface area contributed by atoms with Crippen molar-refractivity contribution in [2.24, 2.45) is 0 Å². The Labute approximate surface area is 173 Å². The zero-order valence-corrected chi connectivity index (χ0v) is 16.2. The minimum Gasteiger partial charge on any atom is -0.395 e. The number of thiazole rings is 1. The van der Waals surface area contributed by atoms with E-state index in [9.17, 15) is 14.9 Å². The van der Waals surface area contributed by atoms with E-state index in [4.69, 9.17) is 16.0 Å². The first-order valence-electron chi connectivity index (χ1n) is 8.37. The number of nitrogens with one attached hydrogen (secondary N) is 1. The molecule has 4 rings (SSSR count). The number of hydrogen-bond acceptors (Lipinski definition) is 6. The van der Waals surface area contributed by atoms with E-state index in [1.165, 1.54) is 17.4 Å². The largest absolute Gasteiger partial charge is 0.433 e. The van der Waals surface area contributed by atoms with Gasteiger partial charge in [0, 0.05) is 27.2 Å². The van der Waals surface area contributed by atoms with Crippen LogP contribution in [0.2, 0.25) is 5.02 Å². The highest BCUT2D eigenvalue weighted by Gasteiger charge is 2.17. The van der Waals surface area contributed by atoms with Crippen LogP contribution in [0.3, 0.4) is 0 Å². The predicted molar refractivity (Wildman–Crippen MR) is 111 cm³/mol. The van der Waals surface area contributed by atoms with E-state index >= 15 is 0 Å². The molecular formula is C20H12ClN3O4S. The molecule has 0 atom stereocenters. The average molecular weight is 426 g/mol. The van der Waals surface area contributed by atoms with Gasteiger partial charge in [-0.15, -0.1) is 11.3 Å². The van der Waals surface area contributed by atoms with Crippen LogP contribution in [0.4, 0.5) is 11.6 Å². The Balaban J connectivity index is 1.53. The van der Waals surface area contributed by atoms with Gasteiger partial charge in [-0.05, 0) is 30.3 Å². The molecule has 0 aliphatic carbocycles. The summed E-state index contributed by atoms with van der Waals surface area (Å²) in [6.07, 6.45) is 0. The normalized spacial score (nSPS) is 10.7. The number of rotatable bonds is 5. The molecule has 29 heavy (non-hydrogen) atoms. The number of amides is 1. The van der Waals surface area contributed by atoms with Crippen molar-refractivity contribution in [1.29, 1.82) is 0 Å². The molecule has 0 fully saturated rings. The molecule has 0 saturated heterocycles. The smallest absolute Gasteiger partial charge is 0.395 e. The monoisotopic (exact) mass is 425 g/mol. The van der Waals surface area contributed by atoms with Crippen LogP contribution < -0.4 is 5.32 Å². The second-order valence-corrected chi connectivity index (χ2v) is 7.27. The molecule has 7 nitrogen and oxygen atoms in total. The van der Waals surface area contributed by atoms with Gasteiger partial charge in [0.25, 0.3) is 5.91 Å². The maximum absolute atomic E-state index is 12.3. The number of anilines is 1. The summed E-state index contributed by atoms with van der Waals surface area (Å²) >= 11 is 7.43. The van der Waals surface area contributed by atoms with E-state index in [1.54, 1.807) is 18.2 Å². The van der Waals surface area contributed by atoms with E-state index in [0.29, 0.717) is 10.7 Å². The standard InChI is InChI=1S/C20H12ClN3O4S/c21-14-6-4-12(5-7-14)20-23-16(11-29-20)13-2-1-3-15(10-13)22-19(25)17-8-9-18(28-17)24(26)27/h1-11H,(H,22,25). The second kappa shape index (κ2) is 7.86. The number of carbonyl (C=O) groups is 1. The van der Waals surface area contributed by atoms with Crippen molar-refractivity contribution >= 4 is 40.4 Å². The summed E-state index contributed by atoms with van der Waals surface area (Å²) in [4.78, 5) is 26.9. The molecule has 0 bridgehead atoms. The van der Waals surface area contributed by atoms with Crippen molar-refractivity contribution in [3.8, 4) is 21.8 Å². The van der Waals surface area contributed by atoms with Crippen LogP contribution in [0, 0.1) is 10.1 Å². The summed E-state index contributed by atoms with van der Waals surface area (Å²) in [5.41, 5.74) is 3.08. The molecular weight excluding hydrogens is 414 g/mol. The Morgan fingerprint density at radius 3 is 2.62 bits per heavy atom. The Morgan fingerprint density at radius 1 is 1.10 bits per heavy atom. The van der Waals surface area contributed by atoms with Crippen LogP contribution in [0.5, 0.6) is 0 Å². The van der Waals surface area contributed by atoms with Crippen LogP contribution in [0.25, 0.3) is 21.8 Å². The Morgan fingerprint density at radius 2 is 1.90 bits per heavy atom. The van der Waals surface area contributed by atoms with Gasteiger partial charge in [0.05, 0.1) is 11.8 Å². The van der Waals surface area contributed by atoms with Crippen LogP contribution in [0.15, 0.2) is 70.5 Å². The van der Waals surface area contributed by atoms with Gasteiger partial charge in [-0.2, -0.15) is 0 Å². The number of hydrogen-bond donors (Lipinski definition) is 1. The van der Waals surface area contributed by atoms with Gasteiger partial charge in [0.2, 0.25) is 0 Å². The van der Waals surface area contributed by atoms with Crippen LogP contribution in [-0.2, 0) is 0 Å². The van der Waals surface area contributed by atoms with Gasteiger partial charge in [-0.25, -0.2) is 4.98 Å². The molecule has 4 aromatic rings. The Kier molecular flexibility index (Phi) is 5.11. The first-order valence-corrected chi connectivity index (χ1v) is 9.63. The van der Waals surface area contributed by atoms with E-state index in [1.807, 2.05) is 35.7 Å². The molecule has 0 spiro atoms. The van der Waals surface area contributed by atoms with Crippen molar-refractivity contribution < 1.29 is 14.1 Å². The fourth-order valence-corrected chi connectivity index (χ4v) is 3.59. The summed E-state index contributed by atoms with van der Waals surface area (Å²) in [5, 5.41) is 16.8. The first-order chi connectivity index (χ1) is 14.0. The highest BCUT2D eigenvalue weighted by Crippen LogP contribution is 2.30. The zero-order valence-electron chi connectivity index (χ0n) is 14.7. The molecule has 2 aromatic carbocycles. The topological polar surface area (TPSA) is 98.3 Å². The molecule has 0 aliphatic heterocycles. The van der Waals surface area contributed by atoms with Crippen molar-refractivity contribution in [2.45, 2.75) is 0 Å². The van der Waals surface area contributed by atoms with E-state index in [0.717, 1.165) is 27.9 Å². The summed E-state index contributed by atoms with van der Waals surface area (Å²) in [5.74, 6) is -1.20. The highest BCUT2D eigenvalue weighted by atomic mass is 35.5. The third-order valence-electron chi connectivity index (χ3n) is 4.01. The summed E-state index contributed by atoms with van der Waals surface area (Å²) in [6.45, 7) is 0. The summed E-state index contributed by atoms with van der Waals surface area (Å²) in [6, 6.07) is 17.0. The van der Waals surface area contributed by atoms with E-state index in [-0.39, 0.29) is 5.76 Å². The summed E-state index contributed by atoms with van der Waals surface area (Å²) < 4.78 is 4.92. The lowest BCUT2D eigenvalue weighted by atomic mass is 10.1. The van der Waals surface area contributed by atoms with Crippen LogP contribution in [-0.4, -0.2) is 15.8 Å². The summed E-state index contributed by atoms with van der Waals surface area (Å²) in [7, 11) is 0. The minimum absolute atomic E-state index is 0.138. The zero-order chi connectivity index (χ0) is 20.4. The molecule has 1 amide bonds. The minimum atomic E-state index is -0.697. The Bertz CT molecular complexity index is 1200. The van der Waals surface area contributed by atoms with Gasteiger partial charge in [0.1, 0.15) is 9.93 Å². The number of nitrogens with zero attached hydrogens (tertiary/aromatic N) is 2. The fourth-order valence-electron chi connectivity index (χ4n) is 2.63. The molecule has 1 N–H and O–H groups in total. The molecule has 2 heterocycles. The second-order valence-electron chi connectivity index (χ2n) is 5.97. The van der Waals surface area contributed by atoms with Crippen molar-refractivity contribution in [2.75, 3.05) is 5.32 Å². The maximum Gasteiger partial charge on any atom is 0.433 e. The molecule has 0 radical (unpaired) electrons. The first kappa shape index (κ1) is 18.9. The maximum atomic E-state index is 12.3. The van der Waals surface area contributed by atoms with Gasteiger partial charge < -0.3 is 9.73 Å². The molecule has 144 valence electrons. The van der Waals surface area contributed by atoms with Gasteiger partial charge >= 0.3 is 5.88 Å². The van der Waals surface area contributed by atoms with Gasteiger partial charge in [-0.1, -0.05) is 35.9 Å². The SMILES string of the molecule is O=C(Nc1cccc(-c2csc(-c3ccc(Cl)cc3)n2)c1)c1ccc([N+](=O)[O-])o1. The lowest BCUT2D eigenvalue weighted by Gasteiger charge is -2.05. The van der Waals surface area contributed by atoms with Crippen LogP contribution >= 0.6 is 22.9 Å². The number of halogens is 1. The van der Waals surface area contributed by atoms with Crippen LogP contribution in [0.1, 0.15) is 10.6 Å². The molecule has 0 saturated carbocycles. The average Bonchev–Trinajstić information content (AvgIpc) is 3.39. The quantitative estimate of drug-likeness (QED) is 0.318. The number of furan rings is 1. The number of aromatic nitrogens is 1. The molecule has 9 heteroatoms. The lowest BCUT2D eigenvalue weighted by Crippen LogP contribution is -2.10. The molecule has 0 aliphatic rings. The third kappa shape index (κ3) is 4.18. The van der Waals surface area contributed by atoms with Crippen molar-refractivity contribution in [1.82, 2.24) is 4.98 Å². The van der Waals surface area contributed by atoms with Gasteiger partial charge in [0.15, 0.2) is 5.76 Å². The number of benzene rings is 2. The number of nitro groups is 1. The molecule has 0 unspecified atom stereocenters. The van der Waals surface area contributed by atoms with E-state index < -0.39 is 16.7 Å².